The van der Waals surface area contributed by atoms with Crippen molar-refractivity contribution in [1.29, 1.82) is 0 Å². The van der Waals surface area contributed by atoms with E-state index in [1.807, 2.05) is 36.4 Å². The van der Waals surface area contributed by atoms with Crippen molar-refractivity contribution in [2.45, 2.75) is 0 Å². The molecule has 0 atom stereocenters. The van der Waals surface area contributed by atoms with Crippen molar-refractivity contribution in [1.82, 2.24) is 0 Å². The van der Waals surface area contributed by atoms with E-state index in [0.29, 0.717) is 0 Å². The van der Waals surface area contributed by atoms with Crippen LogP contribution < -0.4 is 0 Å². The molecule has 18 heavy (non-hydrogen) atoms. The zero-order valence-corrected chi connectivity index (χ0v) is 9.77. The fourth-order valence-electron chi connectivity index (χ4n) is 2.39. The molecule has 0 aromatic heterocycles. The maximum absolute atomic E-state index is 5.69. The van der Waals surface area contributed by atoms with Crippen LogP contribution in [-0.4, -0.2) is 0 Å². The van der Waals surface area contributed by atoms with Crippen LogP contribution in [0.1, 0.15) is 11.1 Å². The highest BCUT2D eigenvalue weighted by molar-refractivity contribution is 6.06. The summed E-state index contributed by atoms with van der Waals surface area (Å²) in [5.41, 5.74) is 1.74. The van der Waals surface area contributed by atoms with Gasteiger partial charge in [-0.2, -0.15) is 0 Å². The molecular weight excluding hydrogens is 216 g/mol. The smallest absolute Gasteiger partial charge is 0.0412 e. The van der Waals surface area contributed by atoms with Crippen molar-refractivity contribution >= 4 is 21.5 Å². The second-order valence-corrected chi connectivity index (χ2v) is 4.17. The van der Waals surface area contributed by atoms with E-state index in [-0.39, 0.29) is 0 Å². The lowest BCUT2D eigenvalue weighted by atomic mass is 9.94. The maximum Gasteiger partial charge on any atom is 0.0412 e. The van der Waals surface area contributed by atoms with Gasteiger partial charge in [-0.25, -0.2) is 0 Å². The first-order chi connectivity index (χ1) is 8.85. The SMILES string of the molecule is C#Cc1cccc2cc3ccccc3c(C#C)c12. The fraction of sp³-hybridized carbons (Fsp3) is 0. The number of benzene rings is 3. The third kappa shape index (κ3) is 1.37. The standard InChI is InChI=1S/C18H10/c1-3-13-9-7-10-15-12-14-8-5-6-11-17(14)16(4-2)18(13)15/h1-2,5-12H. The van der Waals surface area contributed by atoms with Crippen LogP contribution in [0.5, 0.6) is 0 Å². The molecule has 3 rings (SSSR count). The summed E-state index contributed by atoms with van der Waals surface area (Å²) in [4.78, 5) is 0. The summed E-state index contributed by atoms with van der Waals surface area (Å²) >= 11 is 0. The van der Waals surface area contributed by atoms with Gasteiger partial charge < -0.3 is 0 Å². The Balaban J connectivity index is 2.66. The second kappa shape index (κ2) is 3.95. The molecule has 0 nitrogen and oxygen atoms in total. The molecule has 3 aromatic rings. The van der Waals surface area contributed by atoms with Gasteiger partial charge in [-0.15, -0.1) is 12.8 Å². The number of fused-ring (bicyclic) bond motifs is 2. The zero-order chi connectivity index (χ0) is 12.5. The van der Waals surface area contributed by atoms with Crippen LogP contribution in [0.25, 0.3) is 21.5 Å². The number of rotatable bonds is 0. The molecule has 0 heterocycles. The minimum atomic E-state index is 0.853. The molecule has 0 fully saturated rings. The predicted molar refractivity (Wildman–Crippen MR) is 77.3 cm³/mol. The van der Waals surface area contributed by atoms with Crippen molar-refractivity contribution < 1.29 is 0 Å². The lowest BCUT2D eigenvalue weighted by molar-refractivity contribution is 1.70. The summed E-state index contributed by atoms with van der Waals surface area (Å²) < 4.78 is 0. The fourth-order valence-corrected chi connectivity index (χ4v) is 2.39. The van der Waals surface area contributed by atoms with E-state index in [2.05, 4.69) is 24.0 Å². The lowest BCUT2D eigenvalue weighted by Crippen LogP contribution is -1.87. The number of hydrogen-bond donors (Lipinski definition) is 0. The van der Waals surface area contributed by atoms with Crippen molar-refractivity contribution in [3.8, 4) is 24.7 Å². The monoisotopic (exact) mass is 226 g/mol. The van der Waals surface area contributed by atoms with Gasteiger partial charge in [0.15, 0.2) is 0 Å². The molecule has 0 aliphatic carbocycles. The Kier molecular flexibility index (Phi) is 2.30. The van der Waals surface area contributed by atoms with Crippen LogP contribution in [0, 0.1) is 24.7 Å². The molecule has 0 saturated heterocycles. The molecule has 82 valence electrons. The summed E-state index contributed by atoms with van der Waals surface area (Å²) in [7, 11) is 0. The van der Waals surface area contributed by atoms with E-state index in [4.69, 9.17) is 12.8 Å². The third-order valence-corrected chi connectivity index (χ3v) is 3.19. The molecular formula is C18H10. The first-order valence-electron chi connectivity index (χ1n) is 5.73. The Morgan fingerprint density at radius 2 is 1.56 bits per heavy atom. The first-order valence-corrected chi connectivity index (χ1v) is 5.73. The van der Waals surface area contributed by atoms with Crippen LogP contribution in [-0.2, 0) is 0 Å². The average Bonchev–Trinajstić information content (AvgIpc) is 2.44. The quantitative estimate of drug-likeness (QED) is 0.402. The molecule has 0 spiro atoms. The van der Waals surface area contributed by atoms with Gasteiger partial charge in [-0.1, -0.05) is 48.2 Å². The van der Waals surface area contributed by atoms with Gasteiger partial charge >= 0.3 is 0 Å². The van der Waals surface area contributed by atoms with Crippen LogP contribution in [0.3, 0.4) is 0 Å². The van der Waals surface area contributed by atoms with Crippen LogP contribution in [0.15, 0.2) is 48.5 Å². The molecule has 0 amide bonds. The van der Waals surface area contributed by atoms with E-state index < -0.39 is 0 Å². The van der Waals surface area contributed by atoms with Crippen LogP contribution in [0.2, 0.25) is 0 Å². The lowest BCUT2D eigenvalue weighted by Gasteiger charge is -2.08. The highest BCUT2D eigenvalue weighted by Crippen LogP contribution is 2.29. The highest BCUT2D eigenvalue weighted by atomic mass is 14.1. The molecule has 0 unspecified atom stereocenters. The van der Waals surface area contributed by atoms with Crippen LogP contribution in [0.4, 0.5) is 0 Å². The second-order valence-electron chi connectivity index (χ2n) is 4.17. The Morgan fingerprint density at radius 1 is 0.778 bits per heavy atom. The van der Waals surface area contributed by atoms with E-state index in [1.54, 1.807) is 0 Å². The van der Waals surface area contributed by atoms with E-state index in [1.165, 1.54) is 0 Å². The molecule has 0 bridgehead atoms. The first kappa shape index (κ1) is 10.5. The Hall–Kier alpha value is -2.70. The van der Waals surface area contributed by atoms with Gasteiger partial charge in [0.05, 0.1) is 0 Å². The van der Waals surface area contributed by atoms with Gasteiger partial charge in [-0.3, -0.25) is 0 Å². The summed E-state index contributed by atoms with van der Waals surface area (Å²) in [6, 6.07) is 16.2. The van der Waals surface area contributed by atoms with Crippen molar-refractivity contribution in [3.05, 3.63) is 59.7 Å². The molecule has 0 saturated carbocycles. The highest BCUT2D eigenvalue weighted by Gasteiger charge is 2.08. The molecule has 0 aliphatic rings. The topological polar surface area (TPSA) is 0 Å². The minimum absolute atomic E-state index is 0.853. The summed E-state index contributed by atoms with van der Waals surface area (Å²) in [6.45, 7) is 0. The molecule has 0 aliphatic heterocycles. The van der Waals surface area contributed by atoms with Crippen molar-refractivity contribution in [3.63, 3.8) is 0 Å². The van der Waals surface area contributed by atoms with Gasteiger partial charge in [0.25, 0.3) is 0 Å². The summed E-state index contributed by atoms with van der Waals surface area (Å²) in [5, 5.41) is 4.32. The molecule has 0 radical (unpaired) electrons. The van der Waals surface area contributed by atoms with E-state index in [9.17, 15) is 0 Å². The Bertz CT molecular complexity index is 839. The zero-order valence-electron chi connectivity index (χ0n) is 9.77. The van der Waals surface area contributed by atoms with E-state index >= 15 is 0 Å². The molecule has 0 N–H and O–H groups in total. The normalized spacial score (nSPS) is 10.1. The van der Waals surface area contributed by atoms with Gasteiger partial charge in [-0.05, 0) is 28.3 Å². The van der Waals surface area contributed by atoms with Gasteiger partial charge in [0.2, 0.25) is 0 Å². The maximum atomic E-state index is 5.69. The average molecular weight is 226 g/mol. The summed E-state index contributed by atoms with van der Waals surface area (Å²) in [6.07, 6.45) is 11.3. The van der Waals surface area contributed by atoms with Crippen molar-refractivity contribution in [2.75, 3.05) is 0 Å². The predicted octanol–water partition coefficient (Wildman–Crippen LogP) is 3.96. The minimum Gasteiger partial charge on any atom is -0.115 e. The van der Waals surface area contributed by atoms with Gasteiger partial charge in [0, 0.05) is 16.5 Å². The largest absolute Gasteiger partial charge is 0.115 e. The number of hydrogen-bond acceptors (Lipinski definition) is 0. The third-order valence-electron chi connectivity index (χ3n) is 3.19. The van der Waals surface area contributed by atoms with Crippen LogP contribution >= 0.6 is 0 Å². The van der Waals surface area contributed by atoms with Crippen molar-refractivity contribution in [2.24, 2.45) is 0 Å². The van der Waals surface area contributed by atoms with E-state index in [0.717, 1.165) is 32.7 Å². The van der Waals surface area contributed by atoms with Gasteiger partial charge in [0.1, 0.15) is 0 Å². The molecule has 3 aromatic carbocycles. The molecule has 0 heteroatoms. The number of terminal acetylenes is 2. The Labute approximate surface area is 106 Å². The Morgan fingerprint density at radius 3 is 2.33 bits per heavy atom. The summed E-state index contributed by atoms with van der Waals surface area (Å²) in [5.74, 6) is 5.51.